The molecule has 0 radical (unpaired) electrons. The lowest BCUT2D eigenvalue weighted by Gasteiger charge is -2.26. The molecule has 0 fully saturated rings. The van der Waals surface area contributed by atoms with E-state index in [4.69, 9.17) is 27.8 Å². The Morgan fingerprint density at radius 1 is 1.42 bits per heavy atom. The molecule has 0 aromatic heterocycles. The molecule has 5 nitrogen and oxygen atoms in total. The molecule has 0 saturated carbocycles. The Labute approximate surface area is 118 Å². The second-order valence-corrected chi connectivity index (χ2v) is 5.66. The minimum Gasteiger partial charge on any atom is -0.443 e. The van der Waals surface area contributed by atoms with Crippen molar-refractivity contribution < 1.29 is 9.53 Å². The van der Waals surface area contributed by atoms with E-state index in [0.717, 1.165) is 11.3 Å². The molecule has 106 valence electrons. The topological polar surface area (TPSA) is 81.6 Å². The number of carbonyl (C=O) groups is 1. The van der Waals surface area contributed by atoms with Crippen LogP contribution >= 0.6 is 11.6 Å². The fourth-order valence-electron chi connectivity index (χ4n) is 1.88. The number of amides is 1. The highest BCUT2D eigenvalue weighted by molar-refractivity contribution is 6.33. The summed E-state index contributed by atoms with van der Waals surface area (Å²) in [5, 5.41) is 0.583. The third-order valence-electron chi connectivity index (χ3n) is 2.68. The van der Waals surface area contributed by atoms with Gasteiger partial charge in [-0.15, -0.1) is 0 Å². The number of nitrogen functional groups attached to an aromatic ring is 1. The molecular weight excluding hydrogens is 266 g/mol. The van der Waals surface area contributed by atoms with Crippen LogP contribution < -0.4 is 16.4 Å². The van der Waals surface area contributed by atoms with Crippen molar-refractivity contribution >= 4 is 29.1 Å². The number of ether oxygens (including phenoxy) is 1. The molecule has 0 bridgehead atoms. The lowest BCUT2D eigenvalue weighted by Crippen LogP contribution is -2.33. The lowest BCUT2D eigenvalue weighted by atomic mass is 9.96. The molecule has 6 heteroatoms. The fourth-order valence-corrected chi connectivity index (χ4v) is 2.22. The van der Waals surface area contributed by atoms with Gasteiger partial charge in [0.1, 0.15) is 5.60 Å². The van der Waals surface area contributed by atoms with Crippen molar-refractivity contribution in [3.8, 4) is 0 Å². The first-order valence-electron chi connectivity index (χ1n) is 5.86. The Balaban J connectivity index is 3.07. The number of hydrogen-bond acceptors (Lipinski definition) is 4. The summed E-state index contributed by atoms with van der Waals surface area (Å²) >= 11 is 6.13. The van der Waals surface area contributed by atoms with Crippen LogP contribution in [0.3, 0.4) is 0 Å². The van der Waals surface area contributed by atoms with Gasteiger partial charge in [0.25, 0.3) is 0 Å². The first kappa shape index (κ1) is 15.4. The van der Waals surface area contributed by atoms with Gasteiger partial charge < -0.3 is 21.1 Å². The van der Waals surface area contributed by atoms with E-state index in [9.17, 15) is 4.79 Å². The van der Waals surface area contributed by atoms with E-state index >= 15 is 0 Å². The van der Waals surface area contributed by atoms with Gasteiger partial charge in [-0.25, -0.2) is 4.79 Å². The lowest BCUT2D eigenvalue weighted by molar-refractivity contribution is 0.0461. The molecule has 0 aliphatic rings. The minimum atomic E-state index is -0.801. The summed E-state index contributed by atoms with van der Waals surface area (Å²) in [5.74, 6) is 0. The summed E-state index contributed by atoms with van der Waals surface area (Å²) in [7, 11) is 3.79. The van der Waals surface area contributed by atoms with Crippen molar-refractivity contribution in [3.05, 3.63) is 22.7 Å². The van der Waals surface area contributed by atoms with Crippen molar-refractivity contribution in [2.24, 2.45) is 5.73 Å². The van der Waals surface area contributed by atoms with Gasteiger partial charge in [0.15, 0.2) is 0 Å². The van der Waals surface area contributed by atoms with Crippen LogP contribution in [0.15, 0.2) is 12.1 Å². The van der Waals surface area contributed by atoms with Gasteiger partial charge >= 0.3 is 6.09 Å². The Kier molecular flexibility index (Phi) is 4.52. The number of benzene rings is 1. The molecule has 0 aliphatic carbocycles. The summed E-state index contributed by atoms with van der Waals surface area (Å²) in [4.78, 5) is 12.8. The van der Waals surface area contributed by atoms with Crippen LogP contribution in [0.2, 0.25) is 5.02 Å². The molecule has 1 amide bonds. The second kappa shape index (κ2) is 5.57. The zero-order valence-corrected chi connectivity index (χ0v) is 12.4. The molecule has 4 N–H and O–H groups in total. The maximum absolute atomic E-state index is 10.9. The van der Waals surface area contributed by atoms with Crippen LogP contribution in [0.4, 0.5) is 16.2 Å². The van der Waals surface area contributed by atoms with E-state index in [1.54, 1.807) is 19.9 Å². The summed E-state index contributed by atoms with van der Waals surface area (Å²) in [6.45, 7) is 3.56. The molecule has 1 aromatic rings. The van der Waals surface area contributed by atoms with E-state index in [1.165, 1.54) is 0 Å². The predicted octanol–water partition coefficient (Wildman–Crippen LogP) is 2.40. The molecule has 0 atom stereocenters. The van der Waals surface area contributed by atoms with E-state index in [-0.39, 0.29) is 0 Å². The van der Waals surface area contributed by atoms with Crippen LogP contribution in [0, 0.1) is 0 Å². The third kappa shape index (κ3) is 4.21. The van der Waals surface area contributed by atoms with Crippen LogP contribution in [-0.4, -0.2) is 25.8 Å². The standard InChI is InChI=1S/C13H20ClN3O2/c1-13(2,19-12(16)18)7-8-5-11(17(3)4)9(14)6-10(8)15/h5-6H,7,15H2,1-4H3,(H2,16,18). The highest BCUT2D eigenvalue weighted by atomic mass is 35.5. The number of nitrogens with two attached hydrogens (primary N) is 2. The van der Waals surface area contributed by atoms with Crippen LogP contribution in [0.25, 0.3) is 0 Å². The minimum absolute atomic E-state index is 0.458. The molecule has 0 aliphatic heterocycles. The van der Waals surface area contributed by atoms with Crippen LogP contribution in [0.1, 0.15) is 19.4 Å². The largest absolute Gasteiger partial charge is 0.443 e. The summed E-state index contributed by atoms with van der Waals surface area (Å²) < 4.78 is 5.06. The average molecular weight is 286 g/mol. The van der Waals surface area contributed by atoms with Gasteiger partial charge in [-0.05, 0) is 31.5 Å². The van der Waals surface area contributed by atoms with E-state index in [1.807, 2.05) is 25.1 Å². The van der Waals surface area contributed by atoms with E-state index < -0.39 is 11.7 Å². The van der Waals surface area contributed by atoms with Gasteiger partial charge in [-0.2, -0.15) is 0 Å². The Morgan fingerprint density at radius 2 is 2.00 bits per heavy atom. The molecule has 1 rings (SSSR count). The van der Waals surface area contributed by atoms with Crippen molar-refractivity contribution in [1.29, 1.82) is 0 Å². The number of halogens is 1. The molecule has 19 heavy (non-hydrogen) atoms. The fraction of sp³-hybridized carbons (Fsp3) is 0.462. The van der Waals surface area contributed by atoms with Gasteiger partial charge in [-0.1, -0.05) is 11.6 Å². The van der Waals surface area contributed by atoms with Gasteiger partial charge in [-0.3, -0.25) is 0 Å². The zero-order chi connectivity index (χ0) is 14.8. The first-order chi connectivity index (χ1) is 8.62. The number of anilines is 2. The molecule has 0 saturated heterocycles. The number of carbonyl (C=O) groups excluding carboxylic acids is 1. The molecule has 0 unspecified atom stereocenters. The third-order valence-corrected chi connectivity index (χ3v) is 2.99. The van der Waals surface area contributed by atoms with Gasteiger partial charge in [0, 0.05) is 26.2 Å². The highest BCUT2D eigenvalue weighted by Crippen LogP contribution is 2.32. The Hall–Kier alpha value is -1.62. The smallest absolute Gasteiger partial charge is 0.405 e. The summed E-state index contributed by atoms with van der Waals surface area (Å²) in [6, 6.07) is 3.59. The van der Waals surface area contributed by atoms with Crippen LogP contribution in [-0.2, 0) is 11.2 Å². The zero-order valence-electron chi connectivity index (χ0n) is 11.7. The molecule has 1 aromatic carbocycles. The predicted molar refractivity (Wildman–Crippen MR) is 78.6 cm³/mol. The molecule has 0 spiro atoms. The van der Waals surface area contributed by atoms with Gasteiger partial charge in [0.2, 0.25) is 0 Å². The molecule has 0 heterocycles. The van der Waals surface area contributed by atoms with E-state index in [2.05, 4.69) is 0 Å². The second-order valence-electron chi connectivity index (χ2n) is 5.25. The Morgan fingerprint density at radius 3 is 2.47 bits per heavy atom. The number of hydrogen-bond donors (Lipinski definition) is 2. The summed E-state index contributed by atoms with van der Waals surface area (Å²) in [5.41, 5.74) is 12.6. The summed E-state index contributed by atoms with van der Waals surface area (Å²) in [6.07, 6.45) is -0.342. The molecular formula is C13H20ClN3O2. The van der Waals surface area contributed by atoms with Crippen molar-refractivity contribution in [2.45, 2.75) is 25.9 Å². The normalized spacial score (nSPS) is 11.2. The quantitative estimate of drug-likeness (QED) is 0.832. The average Bonchev–Trinajstić information content (AvgIpc) is 2.19. The maximum atomic E-state index is 10.9. The first-order valence-corrected chi connectivity index (χ1v) is 6.24. The Bertz CT molecular complexity index is 487. The number of rotatable bonds is 4. The van der Waals surface area contributed by atoms with Crippen molar-refractivity contribution in [3.63, 3.8) is 0 Å². The van der Waals surface area contributed by atoms with Crippen LogP contribution in [0.5, 0.6) is 0 Å². The maximum Gasteiger partial charge on any atom is 0.405 e. The van der Waals surface area contributed by atoms with Crippen molar-refractivity contribution in [1.82, 2.24) is 0 Å². The monoisotopic (exact) mass is 285 g/mol. The number of primary amides is 1. The van der Waals surface area contributed by atoms with Gasteiger partial charge in [0.05, 0.1) is 10.7 Å². The SMILES string of the molecule is CN(C)c1cc(CC(C)(C)OC(N)=O)c(N)cc1Cl. The van der Waals surface area contributed by atoms with Crippen molar-refractivity contribution in [2.75, 3.05) is 24.7 Å². The highest BCUT2D eigenvalue weighted by Gasteiger charge is 2.24. The number of nitrogens with zero attached hydrogens (tertiary/aromatic N) is 1. The van der Waals surface area contributed by atoms with E-state index in [0.29, 0.717) is 17.1 Å².